The van der Waals surface area contributed by atoms with Crippen molar-refractivity contribution in [3.63, 3.8) is 0 Å². The number of pyridine rings is 1. The van der Waals surface area contributed by atoms with Crippen molar-refractivity contribution in [3.05, 3.63) is 58.2 Å². The standard InChI is InChI=1S/C46H62N8O7S.4H2S/c1-9-53-37-16-15-30-23-32(37)33(41(53)31-13-10-17-47-39(31)29(4)59-8)25-46(5,6)27-61-44(57)34-14-11-19-54(50-34)43(56)35(24-38-48-36(30)26-62-38)49-42(55)40(28(2)3)51(7)45(58)52-18-12-21-60-22-20-52;;;;/h10,13,15-17,23,26,28-29,34-35,40,50H,9,11-12,14,18-22,24-25,27H2,1-8H3,(H,49,55);4*1H2/t29-,34-,35-,40-;;;;/m0..../s1. The number of fused-ring (bicyclic) bond motifs is 6. The van der Waals surface area contributed by atoms with Gasteiger partial charge in [-0.1, -0.05) is 33.8 Å². The first kappa shape index (κ1) is 56.8. The summed E-state index contributed by atoms with van der Waals surface area (Å²) in [6.45, 7) is 15.3. The van der Waals surface area contributed by atoms with E-state index in [4.69, 9.17) is 24.2 Å². The van der Waals surface area contributed by atoms with E-state index in [0.29, 0.717) is 70.1 Å². The zero-order valence-corrected chi connectivity index (χ0v) is 44.2. The Morgan fingerprint density at radius 1 is 1.06 bits per heavy atom. The largest absolute Gasteiger partial charge is 0.464 e. The van der Waals surface area contributed by atoms with Crippen LogP contribution >= 0.6 is 65.3 Å². The molecule has 4 amide bonds. The number of aryl methyl sites for hydroxylation is 1. The molecule has 66 heavy (non-hydrogen) atoms. The van der Waals surface area contributed by atoms with Crippen molar-refractivity contribution in [2.45, 2.75) is 104 Å². The number of hydrogen-bond acceptors (Lipinski definition) is 11. The highest BCUT2D eigenvalue weighted by molar-refractivity contribution is 7.59. The van der Waals surface area contributed by atoms with Gasteiger partial charge in [-0.15, -0.1) is 11.3 Å². The molecule has 2 saturated heterocycles. The van der Waals surface area contributed by atoms with Gasteiger partial charge in [-0.25, -0.2) is 15.2 Å². The van der Waals surface area contributed by atoms with Crippen LogP contribution in [0.4, 0.5) is 4.79 Å². The van der Waals surface area contributed by atoms with Crippen LogP contribution in [0.5, 0.6) is 0 Å². The second-order valence-corrected chi connectivity index (χ2v) is 18.7. The normalized spacial score (nSPS) is 19.7. The van der Waals surface area contributed by atoms with Crippen molar-refractivity contribution in [3.8, 4) is 22.5 Å². The van der Waals surface area contributed by atoms with E-state index in [2.05, 4.69) is 60.3 Å². The summed E-state index contributed by atoms with van der Waals surface area (Å²) in [5.41, 5.74) is 9.37. The summed E-state index contributed by atoms with van der Waals surface area (Å²) in [5, 5.41) is 8.18. The van der Waals surface area contributed by atoms with Crippen molar-refractivity contribution in [2.75, 3.05) is 53.6 Å². The fraction of sp³-hybridized carbons (Fsp3) is 0.565. The van der Waals surface area contributed by atoms with E-state index >= 15 is 0 Å². The summed E-state index contributed by atoms with van der Waals surface area (Å²) in [6.07, 6.45) is 4.00. The molecule has 0 spiro atoms. The predicted molar refractivity (Wildman–Crippen MR) is 280 cm³/mol. The molecular formula is C46H70N8O7S5. The summed E-state index contributed by atoms with van der Waals surface area (Å²) in [5.74, 6) is -1.55. The first-order chi connectivity index (χ1) is 29.7. The smallest absolute Gasteiger partial charge is 0.324 e. The maximum absolute atomic E-state index is 14.6. The molecule has 2 fully saturated rings. The van der Waals surface area contributed by atoms with Gasteiger partial charge in [0.2, 0.25) is 5.91 Å². The molecule has 0 radical (unpaired) electrons. The maximum Gasteiger partial charge on any atom is 0.324 e. The molecule has 0 aliphatic carbocycles. The van der Waals surface area contributed by atoms with Gasteiger partial charge in [-0.3, -0.25) is 24.4 Å². The summed E-state index contributed by atoms with van der Waals surface area (Å²) in [6, 6.07) is 7.52. The second-order valence-electron chi connectivity index (χ2n) is 17.8. The number of nitrogens with zero attached hydrogens (tertiary/aromatic N) is 6. The van der Waals surface area contributed by atoms with Gasteiger partial charge in [-0.05, 0) is 75.3 Å². The van der Waals surface area contributed by atoms with Crippen molar-refractivity contribution in [1.82, 2.24) is 40.1 Å². The third-order valence-electron chi connectivity index (χ3n) is 12.3. The lowest BCUT2D eigenvalue weighted by Gasteiger charge is -2.37. The van der Waals surface area contributed by atoms with Crippen molar-refractivity contribution in [1.29, 1.82) is 0 Å². The summed E-state index contributed by atoms with van der Waals surface area (Å²) in [4.78, 5) is 69.6. The minimum absolute atomic E-state index is 0. The molecule has 4 aromatic rings. The fourth-order valence-corrected chi connectivity index (χ4v) is 9.88. The number of urea groups is 1. The SMILES string of the molecule is CCn1c(-c2cccnc2[C@H](C)OC)c2c3cc(ccc31)-c1csc(n1)C[C@H](NC(=O)[C@H](C(C)C)N(C)C(=O)N1CCCOCC1)C(=O)N1CCC[C@H](N1)C(=O)OCC(C)(C)C2.S.S.S.S. The summed E-state index contributed by atoms with van der Waals surface area (Å²) in [7, 11) is 3.32. The number of benzene rings is 1. The number of carbonyl (C=O) groups excluding carboxylic acids is 4. The minimum Gasteiger partial charge on any atom is -0.464 e. The lowest BCUT2D eigenvalue weighted by molar-refractivity contribution is -0.155. The molecule has 6 heterocycles. The third kappa shape index (κ3) is 12.4. The Morgan fingerprint density at radius 2 is 1.82 bits per heavy atom. The lowest BCUT2D eigenvalue weighted by atomic mass is 9.84. The van der Waals surface area contributed by atoms with Gasteiger partial charge < -0.3 is 33.9 Å². The van der Waals surface area contributed by atoms with Crippen LogP contribution in [0, 0.1) is 11.3 Å². The Balaban J connectivity index is 0.00000289. The quantitative estimate of drug-likeness (QED) is 0.188. The van der Waals surface area contributed by atoms with Gasteiger partial charge in [0, 0.05) is 92.4 Å². The van der Waals surface area contributed by atoms with Crippen LogP contribution in [0.3, 0.4) is 0 Å². The second kappa shape index (κ2) is 24.7. The number of amides is 4. The third-order valence-corrected chi connectivity index (χ3v) is 13.1. The number of esters is 1. The Labute approximate surface area is 421 Å². The molecule has 2 N–H and O–H groups in total. The van der Waals surface area contributed by atoms with Crippen LogP contribution in [0.25, 0.3) is 33.4 Å². The molecule has 7 rings (SSSR count). The number of methoxy groups -OCH3 is 1. The van der Waals surface area contributed by atoms with E-state index < -0.39 is 41.3 Å². The van der Waals surface area contributed by atoms with Gasteiger partial charge in [0.25, 0.3) is 5.91 Å². The topological polar surface area (TPSA) is 160 Å². The monoisotopic (exact) mass is 1010 g/mol. The molecule has 3 aliphatic heterocycles. The number of nitrogens with one attached hydrogen (secondary N) is 2. The average Bonchev–Trinajstić information content (AvgIpc) is 3.73. The zero-order chi connectivity index (χ0) is 44.3. The number of likely N-dealkylation sites (N-methyl/N-ethyl adjacent to an activating group) is 1. The average molecular weight is 1010 g/mol. The van der Waals surface area contributed by atoms with Crippen LogP contribution in [-0.2, 0) is 48.0 Å². The molecule has 3 aromatic heterocycles. The molecule has 20 heteroatoms. The number of carbonyl (C=O) groups is 4. The van der Waals surface area contributed by atoms with Crippen LogP contribution in [-0.4, -0.2) is 125 Å². The van der Waals surface area contributed by atoms with Crippen LogP contribution in [0.1, 0.15) is 83.2 Å². The van der Waals surface area contributed by atoms with Crippen LogP contribution in [0.15, 0.2) is 41.9 Å². The van der Waals surface area contributed by atoms with Gasteiger partial charge in [0.15, 0.2) is 0 Å². The van der Waals surface area contributed by atoms with Crippen molar-refractivity contribution >= 4 is 100 Å². The Morgan fingerprint density at radius 3 is 2.53 bits per heavy atom. The van der Waals surface area contributed by atoms with Crippen molar-refractivity contribution < 1.29 is 33.4 Å². The van der Waals surface area contributed by atoms with E-state index in [9.17, 15) is 19.2 Å². The van der Waals surface area contributed by atoms with E-state index in [1.807, 2.05) is 32.2 Å². The number of ether oxygens (including phenoxy) is 3. The van der Waals surface area contributed by atoms with E-state index in [-0.39, 0.29) is 85.1 Å². The zero-order valence-electron chi connectivity index (χ0n) is 39.4. The highest BCUT2D eigenvalue weighted by atomic mass is 32.1. The van der Waals surface area contributed by atoms with Gasteiger partial charge in [0.1, 0.15) is 18.1 Å². The molecule has 15 nitrogen and oxygen atoms in total. The number of hydrogen-bond donors (Lipinski definition) is 2. The molecule has 1 aromatic carbocycles. The number of thiazole rings is 1. The van der Waals surface area contributed by atoms with Crippen LogP contribution in [0.2, 0.25) is 0 Å². The number of aromatic nitrogens is 3. The molecule has 0 unspecified atom stereocenters. The Kier molecular flexibility index (Phi) is 21.2. The predicted octanol–water partition coefficient (Wildman–Crippen LogP) is 6.45. The molecule has 3 aliphatic rings. The number of hydrazine groups is 1. The first-order valence-corrected chi connectivity index (χ1v) is 22.8. The van der Waals surface area contributed by atoms with E-state index in [1.165, 1.54) is 21.2 Å². The Bertz CT molecular complexity index is 2280. The van der Waals surface area contributed by atoms with E-state index in [1.54, 1.807) is 25.3 Å². The maximum atomic E-state index is 14.6. The Hall–Kier alpha value is -3.50. The van der Waals surface area contributed by atoms with Gasteiger partial charge in [-0.2, -0.15) is 54.0 Å². The van der Waals surface area contributed by atoms with E-state index in [0.717, 1.165) is 44.7 Å². The van der Waals surface area contributed by atoms with Crippen LogP contribution < -0.4 is 10.7 Å². The lowest BCUT2D eigenvalue weighted by Crippen LogP contribution is -2.62. The molecule has 6 bridgehead atoms. The molecule has 366 valence electrons. The molecule has 4 atom stereocenters. The van der Waals surface area contributed by atoms with Gasteiger partial charge >= 0.3 is 12.0 Å². The summed E-state index contributed by atoms with van der Waals surface area (Å²) >= 11 is 1.42. The van der Waals surface area contributed by atoms with Crippen molar-refractivity contribution in [2.24, 2.45) is 11.3 Å². The minimum atomic E-state index is -1.05. The first-order valence-electron chi connectivity index (χ1n) is 21.9. The molecular weight excluding hydrogens is 937 g/mol. The highest BCUT2D eigenvalue weighted by Gasteiger charge is 2.39. The number of rotatable bonds is 8. The molecule has 0 saturated carbocycles. The fourth-order valence-electron chi connectivity index (χ4n) is 9.03. The number of cyclic esters (lactones) is 1. The highest BCUT2D eigenvalue weighted by Crippen LogP contribution is 2.42. The van der Waals surface area contributed by atoms with Gasteiger partial charge in [0.05, 0.1) is 41.4 Å². The summed E-state index contributed by atoms with van der Waals surface area (Å²) < 4.78 is 19.8.